The number of nitrogens with zero attached hydrogens (tertiary/aromatic N) is 5. The van der Waals surface area contributed by atoms with Crippen LogP contribution in [0.25, 0.3) is 11.4 Å². The van der Waals surface area contributed by atoms with E-state index in [0.717, 1.165) is 37.8 Å². The number of amides is 1. The predicted octanol–water partition coefficient (Wildman–Crippen LogP) is 1.37. The number of carbonyl (C=O) groups is 1. The van der Waals surface area contributed by atoms with E-state index in [1.165, 1.54) is 12.8 Å². The van der Waals surface area contributed by atoms with Crippen LogP contribution in [-0.4, -0.2) is 63.1 Å². The molecule has 4 rings (SSSR count). The minimum atomic E-state index is 0.173. The molecule has 0 N–H and O–H groups in total. The van der Waals surface area contributed by atoms with Gasteiger partial charge in [0.15, 0.2) is 0 Å². The summed E-state index contributed by atoms with van der Waals surface area (Å²) in [5.74, 6) is 1.19. The Morgan fingerprint density at radius 2 is 2.08 bits per heavy atom. The molecule has 2 fully saturated rings. The number of piperazine rings is 1. The first kappa shape index (κ1) is 15.3. The van der Waals surface area contributed by atoms with Crippen molar-refractivity contribution in [1.82, 2.24) is 24.9 Å². The molecule has 1 saturated carbocycles. The molecule has 7 heteroatoms. The van der Waals surface area contributed by atoms with Gasteiger partial charge in [-0.25, -0.2) is 0 Å². The second kappa shape index (κ2) is 6.68. The van der Waals surface area contributed by atoms with Crippen LogP contribution < -0.4 is 0 Å². The molecule has 2 aromatic heterocycles. The Morgan fingerprint density at radius 3 is 2.79 bits per heavy atom. The third kappa shape index (κ3) is 3.46. The highest BCUT2D eigenvalue weighted by Gasteiger charge is 2.32. The van der Waals surface area contributed by atoms with E-state index >= 15 is 0 Å². The maximum Gasteiger partial charge on any atom is 0.227 e. The molecule has 3 heterocycles. The first-order valence-corrected chi connectivity index (χ1v) is 8.54. The van der Waals surface area contributed by atoms with Crippen LogP contribution in [0.3, 0.4) is 0 Å². The molecule has 0 bridgehead atoms. The molecule has 0 atom stereocenters. The smallest absolute Gasteiger partial charge is 0.227 e. The molecule has 1 amide bonds. The van der Waals surface area contributed by atoms with Gasteiger partial charge in [-0.1, -0.05) is 5.16 Å². The van der Waals surface area contributed by atoms with Crippen LogP contribution in [0.5, 0.6) is 0 Å². The Hall–Kier alpha value is -2.28. The van der Waals surface area contributed by atoms with Crippen LogP contribution in [0.4, 0.5) is 0 Å². The SMILES string of the molecule is O=C(CCc1nc(-c2cccnc2)no1)N1CCN(C2CC2)CC1. The molecule has 7 nitrogen and oxygen atoms in total. The van der Waals surface area contributed by atoms with E-state index < -0.39 is 0 Å². The van der Waals surface area contributed by atoms with Gasteiger partial charge in [-0.05, 0) is 25.0 Å². The van der Waals surface area contributed by atoms with Crippen molar-refractivity contribution in [2.75, 3.05) is 26.2 Å². The number of hydrogen-bond donors (Lipinski definition) is 0. The van der Waals surface area contributed by atoms with Gasteiger partial charge in [0.25, 0.3) is 0 Å². The minimum absolute atomic E-state index is 0.173. The summed E-state index contributed by atoms with van der Waals surface area (Å²) >= 11 is 0. The molecule has 126 valence electrons. The molecule has 2 aromatic rings. The lowest BCUT2D eigenvalue weighted by Crippen LogP contribution is -2.49. The number of hydrogen-bond acceptors (Lipinski definition) is 6. The predicted molar refractivity (Wildman–Crippen MR) is 87.0 cm³/mol. The third-order valence-electron chi connectivity index (χ3n) is 4.67. The fraction of sp³-hybridized carbons (Fsp3) is 0.529. The van der Waals surface area contributed by atoms with Crippen molar-refractivity contribution in [3.05, 3.63) is 30.4 Å². The zero-order valence-electron chi connectivity index (χ0n) is 13.6. The van der Waals surface area contributed by atoms with E-state index in [1.807, 2.05) is 17.0 Å². The highest BCUT2D eigenvalue weighted by Crippen LogP contribution is 2.27. The molecular weight excluding hydrogens is 306 g/mol. The van der Waals surface area contributed by atoms with Crippen molar-refractivity contribution in [3.8, 4) is 11.4 Å². The summed E-state index contributed by atoms with van der Waals surface area (Å²) in [6, 6.07) is 4.49. The Bertz CT molecular complexity index is 690. The maximum atomic E-state index is 12.3. The van der Waals surface area contributed by atoms with E-state index in [2.05, 4.69) is 20.0 Å². The summed E-state index contributed by atoms with van der Waals surface area (Å²) in [7, 11) is 0. The van der Waals surface area contributed by atoms with Crippen molar-refractivity contribution >= 4 is 5.91 Å². The van der Waals surface area contributed by atoms with E-state index in [4.69, 9.17) is 4.52 Å². The molecule has 1 saturated heterocycles. The summed E-state index contributed by atoms with van der Waals surface area (Å²) < 4.78 is 5.25. The number of aryl methyl sites for hydroxylation is 1. The normalized spacial score (nSPS) is 18.8. The van der Waals surface area contributed by atoms with Crippen molar-refractivity contribution < 1.29 is 9.32 Å². The largest absolute Gasteiger partial charge is 0.340 e. The Balaban J connectivity index is 1.27. The van der Waals surface area contributed by atoms with Gasteiger partial charge in [-0.15, -0.1) is 0 Å². The summed E-state index contributed by atoms with van der Waals surface area (Å²) in [6.45, 7) is 3.67. The van der Waals surface area contributed by atoms with Crippen molar-refractivity contribution in [3.63, 3.8) is 0 Å². The van der Waals surface area contributed by atoms with Gasteiger partial charge in [-0.3, -0.25) is 14.7 Å². The van der Waals surface area contributed by atoms with Crippen LogP contribution in [0, 0.1) is 0 Å². The molecular formula is C17H21N5O2. The summed E-state index contributed by atoms with van der Waals surface area (Å²) in [5, 5.41) is 3.96. The average Bonchev–Trinajstić information content (AvgIpc) is 3.38. The first-order chi connectivity index (χ1) is 11.8. The Morgan fingerprint density at radius 1 is 1.25 bits per heavy atom. The molecule has 24 heavy (non-hydrogen) atoms. The van der Waals surface area contributed by atoms with Crippen LogP contribution >= 0.6 is 0 Å². The molecule has 0 aromatic carbocycles. The average molecular weight is 327 g/mol. The fourth-order valence-corrected chi connectivity index (χ4v) is 3.12. The fourth-order valence-electron chi connectivity index (χ4n) is 3.12. The molecule has 1 aliphatic heterocycles. The number of aromatic nitrogens is 3. The summed E-state index contributed by atoms with van der Waals surface area (Å²) in [5.41, 5.74) is 0.815. The van der Waals surface area contributed by atoms with Gasteiger partial charge in [-0.2, -0.15) is 4.98 Å². The lowest BCUT2D eigenvalue weighted by Gasteiger charge is -2.34. The molecule has 0 radical (unpaired) electrons. The zero-order chi connectivity index (χ0) is 16.4. The summed E-state index contributed by atoms with van der Waals surface area (Å²) in [4.78, 5) is 25.2. The second-order valence-electron chi connectivity index (χ2n) is 6.40. The Labute approximate surface area is 140 Å². The van der Waals surface area contributed by atoms with Crippen LogP contribution in [0.2, 0.25) is 0 Å². The van der Waals surface area contributed by atoms with E-state index in [1.54, 1.807) is 12.4 Å². The number of carbonyl (C=O) groups excluding carboxylic acids is 1. The van der Waals surface area contributed by atoms with E-state index in [9.17, 15) is 4.79 Å². The van der Waals surface area contributed by atoms with Crippen LogP contribution in [-0.2, 0) is 11.2 Å². The third-order valence-corrected chi connectivity index (χ3v) is 4.67. The van der Waals surface area contributed by atoms with Gasteiger partial charge >= 0.3 is 0 Å². The molecule has 2 aliphatic rings. The molecule has 1 aliphatic carbocycles. The lowest BCUT2D eigenvalue weighted by molar-refractivity contribution is -0.133. The van der Waals surface area contributed by atoms with E-state index in [0.29, 0.717) is 24.6 Å². The highest BCUT2D eigenvalue weighted by molar-refractivity contribution is 5.76. The van der Waals surface area contributed by atoms with Gasteiger partial charge < -0.3 is 9.42 Å². The van der Waals surface area contributed by atoms with E-state index in [-0.39, 0.29) is 5.91 Å². The molecule has 0 unspecified atom stereocenters. The monoisotopic (exact) mass is 327 g/mol. The van der Waals surface area contributed by atoms with Gasteiger partial charge in [0.2, 0.25) is 17.6 Å². The quantitative estimate of drug-likeness (QED) is 0.826. The Kier molecular flexibility index (Phi) is 4.25. The summed E-state index contributed by atoms with van der Waals surface area (Å²) in [6.07, 6.45) is 6.94. The highest BCUT2D eigenvalue weighted by atomic mass is 16.5. The number of rotatable bonds is 5. The maximum absolute atomic E-state index is 12.3. The van der Waals surface area contributed by atoms with Crippen LogP contribution in [0.1, 0.15) is 25.2 Å². The zero-order valence-corrected chi connectivity index (χ0v) is 13.6. The van der Waals surface area contributed by atoms with Crippen molar-refractivity contribution in [2.24, 2.45) is 0 Å². The van der Waals surface area contributed by atoms with Crippen LogP contribution in [0.15, 0.2) is 29.0 Å². The minimum Gasteiger partial charge on any atom is -0.340 e. The topological polar surface area (TPSA) is 75.4 Å². The molecule has 0 spiro atoms. The van der Waals surface area contributed by atoms with Gasteiger partial charge in [0.05, 0.1) is 0 Å². The lowest BCUT2D eigenvalue weighted by atomic mass is 10.2. The second-order valence-corrected chi connectivity index (χ2v) is 6.40. The van der Waals surface area contributed by atoms with Crippen molar-refractivity contribution in [1.29, 1.82) is 0 Å². The van der Waals surface area contributed by atoms with Gasteiger partial charge in [0.1, 0.15) is 0 Å². The standard InChI is InChI=1S/C17H21N5O2/c23-16(22-10-8-21(9-11-22)14-3-4-14)6-5-15-19-17(20-24-15)13-2-1-7-18-12-13/h1-2,7,12,14H,3-6,8-11H2. The number of pyridine rings is 1. The van der Waals surface area contributed by atoms with Crippen molar-refractivity contribution in [2.45, 2.75) is 31.7 Å². The first-order valence-electron chi connectivity index (χ1n) is 8.54. The van der Waals surface area contributed by atoms with Gasteiger partial charge in [0, 0.05) is 63.0 Å².